The molecule has 0 atom stereocenters. The Bertz CT molecular complexity index is 914. The van der Waals surface area contributed by atoms with Crippen molar-refractivity contribution in [3.8, 4) is 11.5 Å². The Balaban J connectivity index is 1.66. The third-order valence-electron chi connectivity index (χ3n) is 4.11. The number of ether oxygens (including phenoxy) is 2. The van der Waals surface area contributed by atoms with Crippen LogP contribution in [0.1, 0.15) is 23.6 Å². The van der Waals surface area contributed by atoms with Crippen molar-refractivity contribution in [1.29, 1.82) is 0 Å². The molecular weight excluding hydrogens is 373 g/mol. The van der Waals surface area contributed by atoms with Gasteiger partial charge in [-0.2, -0.15) is 0 Å². The minimum Gasteiger partial charge on any atom is -0.490 e. The molecule has 3 aromatic carbocycles. The monoisotopic (exact) mass is 395 g/mol. The lowest BCUT2D eigenvalue weighted by Gasteiger charge is -2.15. The summed E-state index contributed by atoms with van der Waals surface area (Å²) in [5, 5.41) is 3.19. The van der Waals surface area contributed by atoms with E-state index in [0.717, 1.165) is 16.7 Å². The van der Waals surface area contributed by atoms with E-state index in [2.05, 4.69) is 5.32 Å². The van der Waals surface area contributed by atoms with Crippen molar-refractivity contribution < 1.29 is 13.9 Å². The topological polar surface area (TPSA) is 30.5 Å². The van der Waals surface area contributed by atoms with Crippen LogP contribution in [0.3, 0.4) is 0 Å². The summed E-state index contributed by atoms with van der Waals surface area (Å²) < 4.78 is 24.7. The van der Waals surface area contributed by atoms with Gasteiger partial charge in [0.15, 0.2) is 11.5 Å². The van der Waals surface area contributed by atoms with Gasteiger partial charge in [-0.25, -0.2) is 4.39 Å². The molecule has 0 radical (unpaired) electrons. The fourth-order valence-electron chi connectivity index (χ4n) is 2.66. The predicted octanol–water partition coefficient (Wildman–Crippen LogP) is 5.27. The Hall–Kier alpha value is -2.92. The molecule has 0 amide bonds. The quantitative estimate of drug-likeness (QED) is 0.527. The fourth-order valence-corrected chi connectivity index (χ4v) is 2.86. The minimum absolute atomic E-state index is 0.251. The molecule has 0 aliphatic rings. The lowest BCUT2D eigenvalue weighted by atomic mass is 10.1. The summed E-state index contributed by atoms with van der Waals surface area (Å²) in [5.74, 6) is 1.08. The van der Waals surface area contributed by atoms with Gasteiger partial charge in [0, 0.05) is 12.1 Å². The van der Waals surface area contributed by atoms with E-state index in [0.29, 0.717) is 36.2 Å². The van der Waals surface area contributed by atoms with E-state index in [4.69, 9.17) is 21.7 Å². The Labute approximate surface area is 170 Å². The van der Waals surface area contributed by atoms with Gasteiger partial charge < -0.3 is 14.8 Å². The molecular formula is C23H22FNO2S. The van der Waals surface area contributed by atoms with Crippen LogP contribution in [0.2, 0.25) is 0 Å². The lowest BCUT2D eigenvalue weighted by molar-refractivity contribution is 0.269. The minimum atomic E-state index is -0.251. The second kappa shape index (κ2) is 9.85. The van der Waals surface area contributed by atoms with Gasteiger partial charge in [0.05, 0.1) is 6.61 Å². The average Bonchev–Trinajstić information content (AvgIpc) is 2.73. The maximum Gasteiger partial charge on any atom is 0.161 e. The van der Waals surface area contributed by atoms with Crippen molar-refractivity contribution in [1.82, 2.24) is 5.32 Å². The summed E-state index contributed by atoms with van der Waals surface area (Å²) in [6.07, 6.45) is 0. The second-order valence-electron chi connectivity index (χ2n) is 6.18. The highest BCUT2D eigenvalue weighted by Crippen LogP contribution is 2.29. The predicted molar refractivity (Wildman–Crippen MR) is 113 cm³/mol. The fraction of sp³-hybridized carbons (Fsp3) is 0.174. The molecule has 3 aromatic rings. The highest BCUT2D eigenvalue weighted by atomic mass is 32.1. The van der Waals surface area contributed by atoms with Crippen LogP contribution in [0.5, 0.6) is 11.5 Å². The highest BCUT2D eigenvalue weighted by Gasteiger charge is 2.10. The molecule has 0 saturated heterocycles. The zero-order valence-corrected chi connectivity index (χ0v) is 16.5. The van der Waals surface area contributed by atoms with E-state index in [1.807, 2.05) is 55.5 Å². The normalized spacial score (nSPS) is 10.4. The standard InChI is InChI=1S/C23H22FNO2S/c1-2-26-22-14-19(23(28)25-15-17-8-11-20(24)12-9-17)10-13-21(22)27-16-18-6-4-3-5-7-18/h3-14H,2,15-16H2,1H3,(H,25,28). The molecule has 0 fully saturated rings. The maximum absolute atomic E-state index is 13.0. The molecule has 3 rings (SSSR count). The van der Waals surface area contributed by atoms with Gasteiger partial charge >= 0.3 is 0 Å². The van der Waals surface area contributed by atoms with Gasteiger partial charge in [0.2, 0.25) is 0 Å². The molecule has 5 heteroatoms. The number of hydrogen-bond donors (Lipinski definition) is 1. The SMILES string of the molecule is CCOc1cc(C(=S)NCc2ccc(F)cc2)ccc1OCc1ccccc1. The van der Waals surface area contributed by atoms with Gasteiger partial charge in [-0.05, 0) is 48.4 Å². The van der Waals surface area contributed by atoms with Crippen LogP contribution in [-0.4, -0.2) is 11.6 Å². The van der Waals surface area contributed by atoms with Gasteiger partial charge in [-0.15, -0.1) is 0 Å². The summed E-state index contributed by atoms with van der Waals surface area (Å²) >= 11 is 5.49. The van der Waals surface area contributed by atoms with Crippen LogP contribution in [0.4, 0.5) is 4.39 Å². The summed E-state index contributed by atoms with van der Waals surface area (Å²) in [5.41, 5.74) is 2.88. The molecule has 0 aliphatic carbocycles. The third-order valence-corrected chi connectivity index (χ3v) is 4.49. The number of nitrogens with one attached hydrogen (secondary N) is 1. The maximum atomic E-state index is 13.0. The highest BCUT2D eigenvalue weighted by molar-refractivity contribution is 7.80. The van der Waals surface area contributed by atoms with Crippen LogP contribution in [0.25, 0.3) is 0 Å². The van der Waals surface area contributed by atoms with Crippen LogP contribution in [0, 0.1) is 5.82 Å². The van der Waals surface area contributed by atoms with Crippen molar-refractivity contribution in [3.05, 3.63) is 95.3 Å². The molecule has 0 unspecified atom stereocenters. The number of halogens is 1. The molecule has 28 heavy (non-hydrogen) atoms. The Morgan fingerprint density at radius 1 is 0.893 bits per heavy atom. The summed E-state index contributed by atoms with van der Waals surface area (Å²) in [7, 11) is 0. The van der Waals surface area contributed by atoms with Gasteiger partial charge in [0.25, 0.3) is 0 Å². The summed E-state index contributed by atoms with van der Waals surface area (Å²) in [4.78, 5) is 0.597. The lowest BCUT2D eigenvalue weighted by Crippen LogP contribution is -2.21. The van der Waals surface area contributed by atoms with Crippen molar-refractivity contribution in [3.63, 3.8) is 0 Å². The number of benzene rings is 3. The van der Waals surface area contributed by atoms with Gasteiger partial charge in [0.1, 0.15) is 17.4 Å². The van der Waals surface area contributed by atoms with E-state index in [-0.39, 0.29) is 5.82 Å². The zero-order valence-electron chi connectivity index (χ0n) is 15.7. The first-order valence-corrected chi connectivity index (χ1v) is 9.52. The van der Waals surface area contributed by atoms with Crippen LogP contribution in [-0.2, 0) is 13.2 Å². The van der Waals surface area contributed by atoms with E-state index < -0.39 is 0 Å². The van der Waals surface area contributed by atoms with Crippen LogP contribution < -0.4 is 14.8 Å². The van der Waals surface area contributed by atoms with Crippen molar-refractivity contribution >= 4 is 17.2 Å². The largest absolute Gasteiger partial charge is 0.490 e. The third kappa shape index (κ3) is 5.54. The van der Waals surface area contributed by atoms with Crippen LogP contribution >= 0.6 is 12.2 Å². The molecule has 0 spiro atoms. The van der Waals surface area contributed by atoms with Crippen molar-refractivity contribution in [2.75, 3.05) is 6.61 Å². The first kappa shape index (κ1) is 19.8. The molecule has 3 nitrogen and oxygen atoms in total. The number of hydrogen-bond acceptors (Lipinski definition) is 3. The number of thiocarbonyl (C=S) groups is 1. The molecule has 1 N–H and O–H groups in total. The Kier molecular flexibility index (Phi) is 6.98. The average molecular weight is 395 g/mol. The van der Waals surface area contributed by atoms with E-state index in [1.54, 1.807) is 12.1 Å². The van der Waals surface area contributed by atoms with E-state index in [9.17, 15) is 4.39 Å². The first-order valence-electron chi connectivity index (χ1n) is 9.12. The van der Waals surface area contributed by atoms with Crippen molar-refractivity contribution in [2.45, 2.75) is 20.1 Å². The van der Waals surface area contributed by atoms with Crippen LogP contribution in [0.15, 0.2) is 72.8 Å². The molecule has 0 saturated carbocycles. The molecule has 144 valence electrons. The van der Waals surface area contributed by atoms with E-state index >= 15 is 0 Å². The molecule has 0 aliphatic heterocycles. The van der Waals surface area contributed by atoms with Gasteiger partial charge in [-0.3, -0.25) is 0 Å². The summed E-state index contributed by atoms with van der Waals surface area (Å²) in [6, 6.07) is 22.0. The van der Waals surface area contributed by atoms with Crippen molar-refractivity contribution in [2.24, 2.45) is 0 Å². The Morgan fingerprint density at radius 3 is 2.36 bits per heavy atom. The molecule has 0 bridgehead atoms. The zero-order chi connectivity index (χ0) is 19.8. The molecule has 0 aromatic heterocycles. The number of rotatable bonds is 8. The molecule has 0 heterocycles. The Morgan fingerprint density at radius 2 is 1.64 bits per heavy atom. The smallest absolute Gasteiger partial charge is 0.161 e. The second-order valence-corrected chi connectivity index (χ2v) is 6.59. The van der Waals surface area contributed by atoms with Gasteiger partial charge in [-0.1, -0.05) is 54.7 Å². The van der Waals surface area contributed by atoms with E-state index in [1.165, 1.54) is 12.1 Å². The summed E-state index contributed by atoms with van der Waals surface area (Å²) in [6.45, 7) is 3.45. The first-order chi connectivity index (χ1) is 13.7.